The molecule has 0 atom stereocenters. The standard InChI is InChI=1S/C15H24N2O2S/c1-20(18,19)15-7-2-5-14(13-15)6-3-10-17-11-4-8-16-9-12-17/h2,5,7,13,16H,3-4,6,8-12H2,1H3. The Morgan fingerprint density at radius 2 is 2.10 bits per heavy atom. The SMILES string of the molecule is CS(=O)(=O)c1cccc(CCCN2CCCNCC2)c1. The molecule has 1 aliphatic rings. The molecular weight excluding hydrogens is 272 g/mol. The minimum atomic E-state index is -3.09. The van der Waals surface area contributed by atoms with Gasteiger partial charge in [0.1, 0.15) is 0 Å². The fourth-order valence-electron chi connectivity index (χ4n) is 2.56. The second kappa shape index (κ2) is 7.20. The maximum absolute atomic E-state index is 11.5. The first-order chi connectivity index (χ1) is 9.55. The fraction of sp³-hybridized carbons (Fsp3) is 0.600. The highest BCUT2D eigenvalue weighted by Crippen LogP contribution is 2.13. The third-order valence-electron chi connectivity index (χ3n) is 3.70. The van der Waals surface area contributed by atoms with Gasteiger partial charge in [-0.05, 0) is 56.6 Å². The summed E-state index contributed by atoms with van der Waals surface area (Å²) >= 11 is 0. The van der Waals surface area contributed by atoms with Crippen LogP contribution in [-0.2, 0) is 16.3 Å². The highest BCUT2D eigenvalue weighted by molar-refractivity contribution is 7.90. The van der Waals surface area contributed by atoms with Gasteiger partial charge in [0.2, 0.25) is 0 Å². The van der Waals surface area contributed by atoms with Crippen LogP contribution in [0.3, 0.4) is 0 Å². The average molecular weight is 296 g/mol. The van der Waals surface area contributed by atoms with Crippen molar-refractivity contribution in [1.82, 2.24) is 10.2 Å². The zero-order valence-corrected chi connectivity index (χ0v) is 13.0. The van der Waals surface area contributed by atoms with Gasteiger partial charge in [0.15, 0.2) is 9.84 Å². The lowest BCUT2D eigenvalue weighted by molar-refractivity contribution is 0.289. The van der Waals surface area contributed by atoms with Gasteiger partial charge >= 0.3 is 0 Å². The van der Waals surface area contributed by atoms with Crippen molar-refractivity contribution in [3.8, 4) is 0 Å². The van der Waals surface area contributed by atoms with E-state index in [4.69, 9.17) is 0 Å². The van der Waals surface area contributed by atoms with Crippen LogP contribution in [0, 0.1) is 0 Å². The van der Waals surface area contributed by atoms with Crippen molar-refractivity contribution in [2.45, 2.75) is 24.2 Å². The van der Waals surface area contributed by atoms with Gasteiger partial charge in [0, 0.05) is 19.3 Å². The molecule has 1 N–H and O–H groups in total. The predicted octanol–water partition coefficient (Wildman–Crippen LogP) is 1.32. The van der Waals surface area contributed by atoms with Gasteiger partial charge in [-0.15, -0.1) is 0 Å². The third kappa shape index (κ3) is 4.89. The quantitative estimate of drug-likeness (QED) is 0.890. The molecule has 5 heteroatoms. The Morgan fingerprint density at radius 1 is 1.25 bits per heavy atom. The average Bonchev–Trinajstić information content (AvgIpc) is 2.67. The molecule has 4 nitrogen and oxygen atoms in total. The molecule has 0 aromatic heterocycles. The first-order valence-electron chi connectivity index (χ1n) is 7.28. The van der Waals surface area contributed by atoms with Crippen LogP contribution < -0.4 is 5.32 Å². The minimum Gasteiger partial charge on any atom is -0.315 e. The van der Waals surface area contributed by atoms with E-state index >= 15 is 0 Å². The molecule has 1 aliphatic heterocycles. The molecule has 1 heterocycles. The molecule has 0 saturated carbocycles. The number of hydrogen-bond acceptors (Lipinski definition) is 4. The van der Waals surface area contributed by atoms with E-state index in [9.17, 15) is 8.42 Å². The van der Waals surface area contributed by atoms with E-state index in [2.05, 4.69) is 10.2 Å². The molecule has 1 saturated heterocycles. The summed E-state index contributed by atoms with van der Waals surface area (Å²) in [5, 5.41) is 3.40. The first-order valence-corrected chi connectivity index (χ1v) is 9.17. The molecule has 20 heavy (non-hydrogen) atoms. The van der Waals surface area contributed by atoms with Crippen molar-refractivity contribution >= 4 is 9.84 Å². The molecule has 2 rings (SSSR count). The lowest BCUT2D eigenvalue weighted by atomic mass is 10.1. The van der Waals surface area contributed by atoms with Gasteiger partial charge < -0.3 is 10.2 Å². The van der Waals surface area contributed by atoms with Crippen molar-refractivity contribution in [3.05, 3.63) is 29.8 Å². The lowest BCUT2D eigenvalue weighted by Crippen LogP contribution is -2.29. The highest BCUT2D eigenvalue weighted by atomic mass is 32.2. The zero-order chi connectivity index (χ0) is 14.4. The van der Waals surface area contributed by atoms with Crippen molar-refractivity contribution < 1.29 is 8.42 Å². The second-order valence-electron chi connectivity index (χ2n) is 5.47. The summed E-state index contributed by atoms with van der Waals surface area (Å²) in [7, 11) is -3.09. The Balaban J connectivity index is 1.84. The van der Waals surface area contributed by atoms with Gasteiger partial charge in [-0.25, -0.2) is 8.42 Å². The van der Waals surface area contributed by atoms with Crippen molar-refractivity contribution in [1.29, 1.82) is 0 Å². The summed E-state index contributed by atoms with van der Waals surface area (Å²) in [5.74, 6) is 0. The largest absolute Gasteiger partial charge is 0.315 e. The third-order valence-corrected chi connectivity index (χ3v) is 4.81. The summed E-state index contributed by atoms with van der Waals surface area (Å²) < 4.78 is 23.1. The summed E-state index contributed by atoms with van der Waals surface area (Å²) in [6.07, 6.45) is 4.49. The second-order valence-corrected chi connectivity index (χ2v) is 7.48. The molecule has 112 valence electrons. The lowest BCUT2D eigenvalue weighted by Gasteiger charge is -2.19. The van der Waals surface area contributed by atoms with Gasteiger partial charge in [-0.2, -0.15) is 0 Å². The van der Waals surface area contributed by atoms with Crippen LogP contribution in [0.1, 0.15) is 18.4 Å². The molecular formula is C15H24N2O2S. The summed E-state index contributed by atoms with van der Waals surface area (Å²) in [6, 6.07) is 7.32. The molecule has 1 aromatic carbocycles. The van der Waals surface area contributed by atoms with Crippen molar-refractivity contribution in [2.75, 3.05) is 39.0 Å². The van der Waals surface area contributed by atoms with Gasteiger partial charge in [0.25, 0.3) is 0 Å². The number of rotatable bonds is 5. The molecule has 0 radical (unpaired) electrons. The Morgan fingerprint density at radius 3 is 2.90 bits per heavy atom. The molecule has 0 unspecified atom stereocenters. The Hall–Kier alpha value is -0.910. The van der Waals surface area contributed by atoms with Crippen molar-refractivity contribution in [2.24, 2.45) is 0 Å². The molecule has 0 bridgehead atoms. The summed E-state index contributed by atoms with van der Waals surface area (Å²) in [5.41, 5.74) is 1.11. The van der Waals surface area contributed by atoms with Crippen LogP contribution in [0.4, 0.5) is 0 Å². The van der Waals surface area contributed by atoms with E-state index in [1.807, 2.05) is 12.1 Å². The summed E-state index contributed by atoms with van der Waals surface area (Å²) in [4.78, 5) is 2.91. The van der Waals surface area contributed by atoms with Gasteiger partial charge in [-0.1, -0.05) is 12.1 Å². The maximum atomic E-state index is 11.5. The fourth-order valence-corrected chi connectivity index (χ4v) is 3.25. The number of benzene rings is 1. The van der Waals surface area contributed by atoms with Gasteiger partial charge in [-0.3, -0.25) is 0 Å². The number of hydrogen-bond donors (Lipinski definition) is 1. The molecule has 0 spiro atoms. The number of sulfone groups is 1. The van der Waals surface area contributed by atoms with Crippen LogP contribution in [0.15, 0.2) is 29.2 Å². The zero-order valence-electron chi connectivity index (χ0n) is 12.1. The van der Waals surface area contributed by atoms with E-state index < -0.39 is 9.84 Å². The Kier molecular flexibility index (Phi) is 5.57. The number of nitrogens with zero attached hydrogens (tertiary/aromatic N) is 1. The highest BCUT2D eigenvalue weighted by Gasteiger charge is 2.09. The predicted molar refractivity (Wildman–Crippen MR) is 81.8 cm³/mol. The summed E-state index contributed by atoms with van der Waals surface area (Å²) in [6.45, 7) is 5.56. The number of nitrogens with one attached hydrogen (secondary N) is 1. The van der Waals surface area contributed by atoms with E-state index in [-0.39, 0.29) is 0 Å². The van der Waals surface area contributed by atoms with Crippen LogP contribution in [0.25, 0.3) is 0 Å². The molecule has 1 fully saturated rings. The smallest absolute Gasteiger partial charge is 0.175 e. The Bertz CT molecular complexity index is 520. The van der Waals surface area contributed by atoms with Crippen LogP contribution in [0.2, 0.25) is 0 Å². The topological polar surface area (TPSA) is 49.4 Å². The van der Waals surface area contributed by atoms with Crippen LogP contribution in [0.5, 0.6) is 0 Å². The van der Waals surface area contributed by atoms with E-state index in [0.717, 1.165) is 51.1 Å². The Labute approximate surface area is 122 Å². The van der Waals surface area contributed by atoms with Crippen molar-refractivity contribution in [3.63, 3.8) is 0 Å². The normalized spacial score (nSPS) is 17.9. The van der Waals surface area contributed by atoms with E-state index in [0.29, 0.717) is 4.90 Å². The molecule has 0 amide bonds. The minimum absolute atomic E-state index is 0.425. The molecule has 0 aliphatic carbocycles. The van der Waals surface area contributed by atoms with Crippen LogP contribution in [-0.4, -0.2) is 52.3 Å². The number of aryl methyl sites for hydroxylation is 1. The monoisotopic (exact) mass is 296 g/mol. The van der Waals surface area contributed by atoms with E-state index in [1.54, 1.807) is 12.1 Å². The van der Waals surface area contributed by atoms with Crippen LogP contribution >= 0.6 is 0 Å². The van der Waals surface area contributed by atoms with Gasteiger partial charge in [0.05, 0.1) is 4.90 Å². The molecule has 1 aromatic rings. The maximum Gasteiger partial charge on any atom is 0.175 e. The van der Waals surface area contributed by atoms with E-state index in [1.165, 1.54) is 12.7 Å². The first kappa shape index (κ1) is 15.5.